The summed E-state index contributed by atoms with van der Waals surface area (Å²) < 4.78 is 25.6. The number of hydrogen-bond acceptors (Lipinski definition) is 3. The van der Waals surface area contributed by atoms with E-state index in [1.807, 2.05) is 24.3 Å². The molecule has 22 heavy (non-hydrogen) atoms. The van der Waals surface area contributed by atoms with Gasteiger partial charge in [0.2, 0.25) is 0 Å². The second kappa shape index (κ2) is 6.03. The summed E-state index contributed by atoms with van der Waals surface area (Å²) in [6, 6.07) is 7.95. The maximum Gasteiger partial charge on any atom is 0.154 e. The summed E-state index contributed by atoms with van der Waals surface area (Å²) in [5, 5.41) is 0. The molecule has 0 radical (unpaired) electrons. The first kappa shape index (κ1) is 15.5. The van der Waals surface area contributed by atoms with Crippen LogP contribution in [0.25, 0.3) is 11.0 Å². The highest BCUT2D eigenvalue weighted by molar-refractivity contribution is 7.89. The predicted octanol–water partition coefficient (Wildman–Crippen LogP) is 3.41. The van der Waals surface area contributed by atoms with E-state index in [9.17, 15) is 8.42 Å². The van der Waals surface area contributed by atoms with E-state index in [2.05, 4.69) is 16.5 Å². The van der Waals surface area contributed by atoms with Crippen molar-refractivity contribution in [1.29, 1.82) is 0 Å². The lowest BCUT2D eigenvalue weighted by Crippen LogP contribution is -2.20. The summed E-state index contributed by atoms with van der Waals surface area (Å²) in [5.41, 5.74) is 1.95. The molecule has 1 aromatic carbocycles. The Hall–Kier alpha value is -1.36. The molecule has 2 atom stereocenters. The Morgan fingerprint density at radius 2 is 2.05 bits per heavy atom. The minimum atomic E-state index is -3.08. The fourth-order valence-corrected chi connectivity index (χ4v) is 4.35. The fraction of sp³-hybridized carbons (Fsp3) is 0.588. The van der Waals surface area contributed by atoms with Crippen LogP contribution < -0.4 is 0 Å². The largest absolute Gasteiger partial charge is 0.327 e. The van der Waals surface area contributed by atoms with Crippen LogP contribution in [-0.2, 0) is 22.1 Å². The van der Waals surface area contributed by atoms with E-state index in [4.69, 9.17) is 0 Å². The van der Waals surface area contributed by atoms with Gasteiger partial charge < -0.3 is 4.57 Å². The number of imidazole rings is 1. The highest BCUT2D eigenvalue weighted by Crippen LogP contribution is 2.31. The summed E-state index contributed by atoms with van der Waals surface area (Å²) in [6.45, 7) is 3.20. The van der Waals surface area contributed by atoms with Gasteiger partial charge in [0, 0.05) is 12.8 Å². The first-order valence-corrected chi connectivity index (χ1v) is 10.1. The van der Waals surface area contributed by atoms with E-state index < -0.39 is 9.84 Å². The lowest BCUT2D eigenvalue weighted by molar-refractivity contribution is 0.257. The van der Waals surface area contributed by atoms with Crippen LogP contribution >= 0.6 is 0 Å². The van der Waals surface area contributed by atoms with E-state index >= 15 is 0 Å². The topological polar surface area (TPSA) is 52.0 Å². The van der Waals surface area contributed by atoms with Gasteiger partial charge in [-0.2, -0.15) is 0 Å². The van der Waals surface area contributed by atoms with Crippen LogP contribution in [0.15, 0.2) is 24.3 Å². The normalized spacial score (nSPS) is 23.0. The zero-order valence-electron chi connectivity index (χ0n) is 13.3. The number of benzene rings is 1. The Morgan fingerprint density at radius 1 is 1.27 bits per heavy atom. The van der Waals surface area contributed by atoms with Crippen molar-refractivity contribution in [3.05, 3.63) is 30.1 Å². The molecule has 0 aliphatic heterocycles. The van der Waals surface area contributed by atoms with Crippen LogP contribution in [0.5, 0.6) is 0 Å². The number of fused-ring (bicyclic) bond motifs is 1. The molecule has 0 spiro atoms. The summed E-state index contributed by atoms with van der Waals surface area (Å²) in [6.07, 6.45) is 6.33. The monoisotopic (exact) mass is 320 g/mol. The molecule has 0 unspecified atom stereocenters. The van der Waals surface area contributed by atoms with E-state index in [0.29, 0.717) is 11.7 Å². The lowest BCUT2D eigenvalue weighted by Gasteiger charge is -2.27. The van der Waals surface area contributed by atoms with E-state index in [0.717, 1.165) is 23.5 Å². The van der Waals surface area contributed by atoms with Crippen LogP contribution in [0, 0.1) is 11.8 Å². The third-order valence-electron chi connectivity index (χ3n) is 4.61. The average Bonchev–Trinajstić information content (AvgIpc) is 2.75. The van der Waals surface area contributed by atoms with Gasteiger partial charge in [-0.25, -0.2) is 13.4 Å². The van der Waals surface area contributed by atoms with E-state index in [-0.39, 0.29) is 5.75 Å². The third-order valence-corrected chi connectivity index (χ3v) is 5.39. The summed E-state index contributed by atoms with van der Waals surface area (Å²) in [7, 11) is -3.08. The smallest absolute Gasteiger partial charge is 0.154 e. The second-order valence-electron chi connectivity index (χ2n) is 6.84. The Bertz CT molecular complexity index is 764. The second-order valence-corrected chi connectivity index (χ2v) is 8.98. The number of aromatic nitrogens is 2. The Labute approximate surface area is 132 Å². The molecule has 1 aliphatic rings. The van der Waals surface area contributed by atoms with Gasteiger partial charge in [-0.1, -0.05) is 31.9 Å². The van der Waals surface area contributed by atoms with Gasteiger partial charge in [0.25, 0.3) is 0 Å². The zero-order valence-corrected chi connectivity index (χ0v) is 14.1. The number of rotatable bonds is 4. The maximum atomic E-state index is 11.7. The van der Waals surface area contributed by atoms with Crippen molar-refractivity contribution in [2.45, 2.75) is 44.9 Å². The van der Waals surface area contributed by atoms with Crippen LogP contribution in [0.2, 0.25) is 0 Å². The molecule has 1 heterocycles. The number of sulfone groups is 1. The first-order chi connectivity index (χ1) is 10.4. The van der Waals surface area contributed by atoms with Crippen molar-refractivity contribution in [2.75, 3.05) is 6.26 Å². The standard InChI is InChI=1S/C17H24N2O2S/c1-13-6-5-7-14(10-13)11-19-16-9-4-3-8-15(16)18-17(19)12-22(2,20)21/h3-4,8-9,13-14H,5-7,10-12H2,1-2H3/t13-,14-/m0/s1. The van der Waals surface area contributed by atoms with Crippen molar-refractivity contribution in [2.24, 2.45) is 11.8 Å². The quantitative estimate of drug-likeness (QED) is 0.867. The van der Waals surface area contributed by atoms with Gasteiger partial charge in [0.1, 0.15) is 11.6 Å². The molecular weight excluding hydrogens is 296 g/mol. The summed E-state index contributed by atoms with van der Waals surface area (Å²) in [4.78, 5) is 4.57. The molecule has 4 nitrogen and oxygen atoms in total. The molecule has 0 N–H and O–H groups in total. The number of hydrogen-bond donors (Lipinski definition) is 0. The highest BCUT2D eigenvalue weighted by Gasteiger charge is 2.22. The molecule has 3 rings (SSSR count). The fourth-order valence-electron chi connectivity index (χ4n) is 3.66. The minimum Gasteiger partial charge on any atom is -0.327 e. The van der Waals surface area contributed by atoms with Gasteiger partial charge in [0.05, 0.1) is 11.0 Å². The van der Waals surface area contributed by atoms with Gasteiger partial charge in [-0.3, -0.25) is 0 Å². The number of para-hydroxylation sites is 2. The summed E-state index contributed by atoms with van der Waals surface area (Å²) in [5.74, 6) is 2.10. The third kappa shape index (κ3) is 3.51. The SMILES string of the molecule is C[C@H]1CCC[C@H](Cn2c(CS(C)(=O)=O)nc3ccccc32)C1. The zero-order chi connectivity index (χ0) is 15.7. The molecule has 1 aliphatic carbocycles. The van der Waals surface area contributed by atoms with Gasteiger partial charge in [-0.05, 0) is 36.8 Å². The molecule has 120 valence electrons. The van der Waals surface area contributed by atoms with Crippen LogP contribution in [0.4, 0.5) is 0 Å². The summed E-state index contributed by atoms with van der Waals surface area (Å²) >= 11 is 0. The lowest BCUT2D eigenvalue weighted by atomic mass is 9.82. The van der Waals surface area contributed by atoms with E-state index in [1.54, 1.807) is 0 Å². The van der Waals surface area contributed by atoms with Crippen LogP contribution in [0.3, 0.4) is 0 Å². The molecule has 0 bridgehead atoms. The van der Waals surface area contributed by atoms with Crippen molar-refractivity contribution in [1.82, 2.24) is 9.55 Å². The predicted molar refractivity (Wildman–Crippen MR) is 89.4 cm³/mol. The molecule has 0 amide bonds. The number of nitrogens with zero attached hydrogens (tertiary/aromatic N) is 2. The van der Waals surface area contributed by atoms with Crippen molar-refractivity contribution >= 4 is 20.9 Å². The molecule has 1 aromatic heterocycles. The molecule has 1 fully saturated rings. The Morgan fingerprint density at radius 3 is 2.77 bits per heavy atom. The molecule has 1 saturated carbocycles. The van der Waals surface area contributed by atoms with Crippen molar-refractivity contribution in [3.8, 4) is 0 Å². The minimum absolute atomic E-state index is 0.0178. The van der Waals surface area contributed by atoms with Gasteiger partial charge >= 0.3 is 0 Å². The van der Waals surface area contributed by atoms with Gasteiger partial charge in [0.15, 0.2) is 9.84 Å². The van der Waals surface area contributed by atoms with Crippen LogP contribution in [-0.4, -0.2) is 24.2 Å². The molecule has 5 heteroatoms. The molecule has 0 saturated heterocycles. The molecule has 2 aromatic rings. The molecular formula is C17H24N2O2S. The van der Waals surface area contributed by atoms with Crippen molar-refractivity contribution < 1.29 is 8.42 Å². The van der Waals surface area contributed by atoms with Crippen LogP contribution in [0.1, 0.15) is 38.4 Å². The van der Waals surface area contributed by atoms with E-state index in [1.165, 1.54) is 31.9 Å². The van der Waals surface area contributed by atoms with Crippen molar-refractivity contribution in [3.63, 3.8) is 0 Å². The highest BCUT2D eigenvalue weighted by atomic mass is 32.2. The Kier molecular flexibility index (Phi) is 4.26. The first-order valence-electron chi connectivity index (χ1n) is 8.04. The Balaban J connectivity index is 1.96. The van der Waals surface area contributed by atoms with Gasteiger partial charge in [-0.15, -0.1) is 0 Å². The average molecular weight is 320 g/mol. The maximum absolute atomic E-state index is 11.7.